The van der Waals surface area contributed by atoms with Crippen LogP contribution in [0.15, 0.2) is 23.2 Å². The number of sulfone groups is 1. The van der Waals surface area contributed by atoms with Crippen molar-refractivity contribution < 1.29 is 8.42 Å². The molecule has 0 saturated heterocycles. The van der Waals surface area contributed by atoms with Crippen molar-refractivity contribution in [3.8, 4) is 0 Å². The molecule has 0 aromatic carbocycles. The Bertz CT molecular complexity index is 400. The molecule has 13 heavy (non-hydrogen) atoms. The number of nitrogens with zero attached hydrogens (tertiary/aromatic N) is 1. The number of hydrogen-bond donors (Lipinski definition) is 0. The summed E-state index contributed by atoms with van der Waals surface area (Å²) in [6.07, 6.45) is 1.46. The van der Waals surface area contributed by atoms with Crippen molar-refractivity contribution in [1.29, 1.82) is 0 Å². The summed E-state index contributed by atoms with van der Waals surface area (Å²) in [4.78, 5) is 3.82. The van der Waals surface area contributed by atoms with E-state index in [-0.39, 0.29) is 10.0 Å². The quantitative estimate of drug-likeness (QED) is 0.714. The van der Waals surface area contributed by atoms with Gasteiger partial charge in [-0.15, -0.1) is 0 Å². The predicted molar refractivity (Wildman–Crippen MR) is 51.6 cm³/mol. The van der Waals surface area contributed by atoms with Crippen LogP contribution in [0.5, 0.6) is 0 Å². The lowest BCUT2D eigenvalue weighted by atomic mass is 10.5. The van der Waals surface area contributed by atoms with E-state index < -0.39 is 15.1 Å². The van der Waals surface area contributed by atoms with Crippen LogP contribution in [0.1, 0.15) is 13.8 Å². The maximum absolute atomic E-state index is 11.6. The third-order valence-electron chi connectivity index (χ3n) is 1.65. The summed E-state index contributed by atoms with van der Waals surface area (Å²) in [6.45, 7) is 3.22. The molecule has 3 nitrogen and oxygen atoms in total. The van der Waals surface area contributed by atoms with Gasteiger partial charge in [-0.3, -0.25) is 0 Å². The fourth-order valence-electron chi connectivity index (χ4n) is 0.837. The van der Waals surface area contributed by atoms with E-state index in [2.05, 4.69) is 4.98 Å². The Morgan fingerprint density at radius 2 is 2.08 bits per heavy atom. The van der Waals surface area contributed by atoms with E-state index in [0.717, 1.165) is 0 Å². The van der Waals surface area contributed by atoms with Crippen molar-refractivity contribution in [1.82, 2.24) is 4.98 Å². The molecule has 0 spiro atoms. The minimum absolute atomic E-state index is 0.0381. The Kier molecular flexibility index (Phi) is 2.93. The zero-order valence-corrected chi connectivity index (χ0v) is 8.93. The van der Waals surface area contributed by atoms with E-state index in [1.165, 1.54) is 12.3 Å². The van der Waals surface area contributed by atoms with Crippen molar-refractivity contribution in [2.75, 3.05) is 0 Å². The van der Waals surface area contributed by atoms with Gasteiger partial charge in [0.2, 0.25) is 0 Å². The van der Waals surface area contributed by atoms with Crippen molar-refractivity contribution in [3.05, 3.63) is 23.5 Å². The fourth-order valence-corrected chi connectivity index (χ4v) is 2.34. The molecule has 0 aliphatic heterocycles. The lowest BCUT2D eigenvalue weighted by Crippen LogP contribution is -2.14. The van der Waals surface area contributed by atoms with Crippen LogP contribution in [0.2, 0.25) is 5.15 Å². The molecular weight excluding hydrogens is 210 g/mol. The zero-order valence-electron chi connectivity index (χ0n) is 7.36. The first-order valence-corrected chi connectivity index (χ1v) is 5.73. The molecule has 0 amide bonds. The molecular formula is C8H10ClNO2S. The second-order valence-electron chi connectivity index (χ2n) is 2.89. The first kappa shape index (κ1) is 10.5. The minimum Gasteiger partial charge on any atom is -0.243 e. The Morgan fingerprint density at radius 3 is 2.54 bits per heavy atom. The van der Waals surface area contributed by atoms with Crippen molar-refractivity contribution in [2.45, 2.75) is 24.0 Å². The third kappa shape index (κ3) is 2.00. The summed E-state index contributed by atoms with van der Waals surface area (Å²) in [5, 5.41) is -0.439. The van der Waals surface area contributed by atoms with Crippen LogP contribution in [0, 0.1) is 0 Å². The highest BCUT2D eigenvalue weighted by Gasteiger charge is 2.22. The first-order valence-electron chi connectivity index (χ1n) is 3.80. The van der Waals surface area contributed by atoms with Crippen molar-refractivity contribution in [2.24, 2.45) is 0 Å². The lowest BCUT2D eigenvalue weighted by molar-refractivity contribution is 0.587. The summed E-state index contributed by atoms with van der Waals surface area (Å²) >= 11 is 5.66. The van der Waals surface area contributed by atoms with Crippen LogP contribution < -0.4 is 0 Å². The third-order valence-corrected chi connectivity index (χ3v) is 4.25. The topological polar surface area (TPSA) is 47.0 Å². The summed E-state index contributed by atoms with van der Waals surface area (Å²) in [5.41, 5.74) is 0. The number of hydrogen-bond acceptors (Lipinski definition) is 3. The SMILES string of the molecule is CC(C)S(=O)(=O)c1cccnc1Cl. The Morgan fingerprint density at radius 1 is 1.46 bits per heavy atom. The molecule has 0 fully saturated rings. The molecule has 5 heteroatoms. The largest absolute Gasteiger partial charge is 0.243 e. The van der Waals surface area contributed by atoms with Crippen molar-refractivity contribution >= 4 is 21.4 Å². The summed E-state index contributed by atoms with van der Waals surface area (Å²) in [7, 11) is -3.30. The normalized spacial score (nSPS) is 12.0. The molecule has 0 saturated carbocycles. The monoisotopic (exact) mass is 219 g/mol. The van der Waals surface area contributed by atoms with Gasteiger partial charge in [-0.25, -0.2) is 13.4 Å². The van der Waals surface area contributed by atoms with Crippen LogP contribution in [-0.4, -0.2) is 18.7 Å². The zero-order chi connectivity index (χ0) is 10.1. The van der Waals surface area contributed by atoms with Gasteiger partial charge in [-0.2, -0.15) is 0 Å². The highest BCUT2D eigenvalue weighted by atomic mass is 35.5. The number of rotatable bonds is 2. The average molecular weight is 220 g/mol. The Labute approximate surface area is 82.7 Å². The molecule has 1 rings (SSSR count). The smallest absolute Gasteiger partial charge is 0.183 e. The number of halogens is 1. The van der Waals surface area contributed by atoms with Gasteiger partial charge in [0, 0.05) is 6.20 Å². The average Bonchev–Trinajstić information content (AvgIpc) is 2.04. The molecule has 0 atom stereocenters. The first-order chi connectivity index (χ1) is 5.96. The van der Waals surface area contributed by atoms with E-state index in [4.69, 9.17) is 11.6 Å². The maximum Gasteiger partial charge on any atom is 0.183 e. The van der Waals surface area contributed by atoms with Gasteiger partial charge in [0.1, 0.15) is 10.0 Å². The molecule has 0 aliphatic rings. The summed E-state index contributed by atoms with van der Waals surface area (Å²) in [6, 6.07) is 3.02. The summed E-state index contributed by atoms with van der Waals surface area (Å²) in [5.74, 6) is 0. The lowest BCUT2D eigenvalue weighted by Gasteiger charge is -2.07. The second-order valence-corrected chi connectivity index (χ2v) is 5.72. The Hall–Kier alpha value is -0.610. The molecule has 1 aromatic heterocycles. The van der Waals surface area contributed by atoms with Crippen molar-refractivity contribution in [3.63, 3.8) is 0 Å². The summed E-state index contributed by atoms with van der Waals surface area (Å²) < 4.78 is 23.3. The van der Waals surface area contributed by atoms with Gasteiger partial charge in [-0.1, -0.05) is 11.6 Å². The van der Waals surface area contributed by atoms with Crippen LogP contribution in [-0.2, 0) is 9.84 Å². The van der Waals surface area contributed by atoms with E-state index >= 15 is 0 Å². The van der Waals surface area contributed by atoms with Crippen LogP contribution in [0.3, 0.4) is 0 Å². The van der Waals surface area contributed by atoms with Crippen LogP contribution in [0.4, 0.5) is 0 Å². The van der Waals surface area contributed by atoms with Crippen LogP contribution >= 0.6 is 11.6 Å². The van der Waals surface area contributed by atoms with E-state index in [1.54, 1.807) is 19.9 Å². The molecule has 0 bridgehead atoms. The highest BCUT2D eigenvalue weighted by molar-refractivity contribution is 7.92. The number of pyridine rings is 1. The van der Waals surface area contributed by atoms with E-state index in [0.29, 0.717) is 0 Å². The Balaban J connectivity index is 3.32. The molecule has 0 unspecified atom stereocenters. The molecule has 1 heterocycles. The second kappa shape index (κ2) is 3.64. The highest BCUT2D eigenvalue weighted by Crippen LogP contribution is 2.21. The van der Waals surface area contributed by atoms with Gasteiger partial charge in [0.25, 0.3) is 0 Å². The fraction of sp³-hybridized carbons (Fsp3) is 0.375. The minimum atomic E-state index is -3.30. The molecule has 0 aliphatic carbocycles. The maximum atomic E-state index is 11.6. The van der Waals surface area contributed by atoms with Gasteiger partial charge < -0.3 is 0 Å². The van der Waals surface area contributed by atoms with Gasteiger partial charge >= 0.3 is 0 Å². The molecule has 0 N–H and O–H groups in total. The van der Waals surface area contributed by atoms with E-state index in [1.807, 2.05) is 0 Å². The van der Waals surface area contributed by atoms with Crippen LogP contribution in [0.25, 0.3) is 0 Å². The molecule has 1 aromatic rings. The standard InChI is InChI=1S/C8H10ClNO2S/c1-6(2)13(11,12)7-4-3-5-10-8(7)9/h3-6H,1-2H3. The van der Waals surface area contributed by atoms with Gasteiger partial charge in [-0.05, 0) is 26.0 Å². The van der Waals surface area contributed by atoms with E-state index in [9.17, 15) is 8.42 Å². The predicted octanol–water partition coefficient (Wildman–Crippen LogP) is 1.92. The van der Waals surface area contributed by atoms with Gasteiger partial charge in [0.05, 0.1) is 5.25 Å². The number of aromatic nitrogens is 1. The van der Waals surface area contributed by atoms with Gasteiger partial charge in [0.15, 0.2) is 9.84 Å². The molecule has 72 valence electrons. The molecule has 0 radical (unpaired) electrons.